The lowest BCUT2D eigenvalue weighted by Gasteiger charge is -2.22. The summed E-state index contributed by atoms with van der Waals surface area (Å²) in [4.78, 5) is 54.4. The fourth-order valence-electron chi connectivity index (χ4n) is 6.61. The van der Waals surface area contributed by atoms with Gasteiger partial charge in [0.1, 0.15) is 5.82 Å². The number of halogens is 5. The van der Waals surface area contributed by atoms with Gasteiger partial charge in [-0.25, -0.2) is 4.39 Å². The molecule has 17 heteroatoms. The van der Waals surface area contributed by atoms with Crippen molar-refractivity contribution in [2.24, 2.45) is 11.8 Å². The fraction of sp³-hybridized carbons (Fsp3) is 0.333. The number of alkyl halides is 3. The number of carbonyl (C=O) groups is 3. The van der Waals surface area contributed by atoms with Crippen LogP contribution in [0.25, 0.3) is 0 Å². The zero-order chi connectivity index (χ0) is 37.3. The van der Waals surface area contributed by atoms with E-state index < -0.39 is 42.0 Å². The van der Waals surface area contributed by atoms with Gasteiger partial charge in [-0.3, -0.25) is 14.4 Å². The van der Waals surface area contributed by atoms with Crippen molar-refractivity contribution < 1.29 is 36.7 Å². The zero-order valence-electron chi connectivity index (χ0n) is 28.0. The number of nitrogens with one attached hydrogen (secondary N) is 3. The zero-order valence-corrected chi connectivity index (χ0v) is 28.8. The van der Waals surface area contributed by atoms with E-state index in [9.17, 15) is 31.9 Å². The summed E-state index contributed by atoms with van der Waals surface area (Å²) in [6.07, 6.45) is -3.13. The molecular weight excluding hydrogens is 720 g/mol. The SMILES string of the molecule is O=C(NCc1ccc(F)cc1)C(=O)N1CC2CN(C(=O)c3ccc(Nc4nc(NC5(c6ccc(Cl)cc6)CC5)nc(OCC(F)(F)F)n4)cc3)CC2C1. The van der Waals surface area contributed by atoms with E-state index in [2.05, 4.69) is 30.9 Å². The molecule has 3 aromatic carbocycles. The Morgan fingerprint density at radius 1 is 0.830 bits per heavy atom. The lowest BCUT2D eigenvalue weighted by molar-refractivity contribution is -0.154. The molecule has 3 N–H and O–H groups in total. The molecule has 2 aliphatic heterocycles. The largest absolute Gasteiger partial charge is 0.454 e. The van der Waals surface area contributed by atoms with Gasteiger partial charge >= 0.3 is 24.0 Å². The lowest BCUT2D eigenvalue weighted by atomic mass is 10.0. The third-order valence-electron chi connectivity index (χ3n) is 9.49. The van der Waals surface area contributed by atoms with Crippen LogP contribution in [0.4, 0.5) is 35.1 Å². The predicted octanol–water partition coefficient (Wildman–Crippen LogP) is 5.30. The summed E-state index contributed by atoms with van der Waals surface area (Å²) in [6.45, 7) is 0.0400. The number of rotatable bonds is 10. The van der Waals surface area contributed by atoms with Gasteiger partial charge in [0.15, 0.2) is 6.61 Å². The van der Waals surface area contributed by atoms with E-state index >= 15 is 0 Å². The highest BCUT2D eigenvalue weighted by Gasteiger charge is 2.46. The number of hydrogen-bond acceptors (Lipinski definition) is 9. The Hall–Kier alpha value is -5.51. The summed E-state index contributed by atoms with van der Waals surface area (Å²) >= 11 is 6.04. The minimum absolute atomic E-state index is 0.0172. The van der Waals surface area contributed by atoms with E-state index in [1.165, 1.54) is 29.2 Å². The van der Waals surface area contributed by atoms with Crippen LogP contribution in [0.5, 0.6) is 6.01 Å². The highest BCUT2D eigenvalue weighted by molar-refractivity contribution is 6.35. The summed E-state index contributed by atoms with van der Waals surface area (Å²) in [5, 5.41) is 9.32. The van der Waals surface area contributed by atoms with E-state index in [4.69, 9.17) is 16.3 Å². The number of likely N-dealkylation sites (tertiary alicyclic amines) is 2. The van der Waals surface area contributed by atoms with E-state index in [0.717, 1.165) is 18.4 Å². The van der Waals surface area contributed by atoms with Gasteiger partial charge in [0.05, 0.1) is 5.54 Å². The van der Waals surface area contributed by atoms with Crippen molar-refractivity contribution in [2.75, 3.05) is 43.4 Å². The van der Waals surface area contributed by atoms with Crippen molar-refractivity contribution >= 4 is 46.9 Å². The highest BCUT2D eigenvalue weighted by Crippen LogP contribution is 2.48. The molecule has 3 amide bonds. The molecule has 2 saturated heterocycles. The van der Waals surface area contributed by atoms with Crippen molar-refractivity contribution in [3.8, 4) is 6.01 Å². The maximum absolute atomic E-state index is 13.4. The van der Waals surface area contributed by atoms with Gasteiger partial charge in [-0.15, -0.1) is 0 Å². The van der Waals surface area contributed by atoms with Crippen molar-refractivity contribution in [3.05, 3.63) is 100 Å². The number of ether oxygens (including phenoxy) is 1. The first-order valence-electron chi connectivity index (χ1n) is 16.8. The lowest BCUT2D eigenvalue weighted by Crippen LogP contribution is -2.43. The molecule has 0 radical (unpaired) electrons. The molecule has 3 fully saturated rings. The maximum atomic E-state index is 13.4. The second-order valence-corrected chi connectivity index (χ2v) is 13.8. The Kier molecular flexibility index (Phi) is 9.81. The van der Waals surface area contributed by atoms with Crippen LogP contribution in [0.1, 0.15) is 34.3 Å². The molecule has 2 atom stereocenters. The average molecular weight is 753 g/mol. The third kappa shape index (κ3) is 8.59. The number of benzene rings is 3. The number of hydrogen-bond donors (Lipinski definition) is 3. The Morgan fingerprint density at radius 2 is 1.45 bits per heavy atom. The molecular formula is C36H33ClF4N8O4. The van der Waals surface area contributed by atoms with Gasteiger partial charge in [-0.05, 0) is 72.5 Å². The maximum Gasteiger partial charge on any atom is 0.422 e. The van der Waals surface area contributed by atoms with Gasteiger partial charge in [0.25, 0.3) is 5.91 Å². The second-order valence-electron chi connectivity index (χ2n) is 13.3. The molecule has 0 spiro atoms. The quantitative estimate of drug-likeness (QED) is 0.146. The van der Waals surface area contributed by atoms with E-state index in [0.29, 0.717) is 48.0 Å². The first-order chi connectivity index (χ1) is 25.3. The normalized spacial score (nSPS) is 18.7. The summed E-state index contributed by atoms with van der Waals surface area (Å²) in [5.74, 6) is -1.99. The van der Waals surface area contributed by atoms with Crippen molar-refractivity contribution in [1.29, 1.82) is 0 Å². The van der Waals surface area contributed by atoms with Crippen LogP contribution in [-0.2, 0) is 21.7 Å². The molecule has 2 unspecified atom stereocenters. The Balaban J connectivity index is 0.954. The Bertz CT molecular complexity index is 1980. The first kappa shape index (κ1) is 35.9. The van der Waals surface area contributed by atoms with Crippen molar-refractivity contribution in [2.45, 2.75) is 31.1 Å². The first-order valence-corrected chi connectivity index (χ1v) is 17.2. The molecule has 53 heavy (non-hydrogen) atoms. The topological polar surface area (TPSA) is 142 Å². The number of aromatic nitrogens is 3. The minimum atomic E-state index is -4.61. The monoisotopic (exact) mass is 752 g/mol. The predicted molar refractivity (Wildman–Crippen MR) is 185 cm³/mol. The van der Waals surface area contributed by atoms with Gasteiger partial charge in [0.2, 0.25) is 11.9 Å². The molecule has 1 aromatic heterocycles. The minimum Gasteiger partial charge on any atom is -0.454 e. The molecule has 3 heterocycles. The third-order valence-corrected chi connectivity index (χ3v) is 9.74. The summed E-state index contributed by atoms with van der Waals surface area (Å²) in [5.41, 5.74) is 1.94. The van der Waals surface area contributed by atoms with Crippen LogP contribution in [-0.4, -0.2) is 81.4 Å². The van der Waals surface area contributed by atoms with Gasteiger partial charge in [-0.2, -0.15) is 28.1 Å². The number of anilines is 3. The molecule has 0 bridgehead atoms. The van der Waals surface area contributed by atoms with Crippen LogP contribution < -0.4 is 20.7 Å². The number of nitrogens with zero attached hydrogens (tertiary/aromatic N) is 5. The van der Waals surface area contributed by atoms with Crippen molar-refractivity contribution in [1.82, 2.24) is 30.1 Å². The molecule has 1 aliphatic carbocycles. The van der Waals surface area contributed by atoms with Crippen LogP contribution in [0.2, 0.25) is 5.02 Å². The van der Waals surface area contributed by atoms with Gasteiger partial charge in [0, 0.05) is 60.8 Å². The summed E-state index contributed by atoms with van der Waals surface area (Å²) < 4.78 is 56.9. The molecule has 3 aliphatic rings. The molecule has 1 saturated carbocycles. The summed E-state index contributed by atoms with van der Waals surface area (Å²) in [7, 11) is 0. The Morgan fingerprint density at radius 3 is 2.08 bits per heavy atom. The van der Waals surface area contributed by atoms with E-state index in [1.54, 1.807) is 41.3 Å². The van der Waals surface area contributed by atoms with E-state index in [-0.39, 0.29) is 36.2 Å². The van der Waals surface area contributed by atoms with Gasteiger partial charge < -0.3 is 30.5 Å². The standard InChI is InChI=1S/C36H33ClF4N8O4/c37-26-7-5-25(6-8-26)35(13-14-35)47-33-44-32(45-34(46-33)53-20-36(39,40)41)43-28-11-3-22(4-12-28)30(51)48-16-23-18-49(19-24(23)17-48)31(52)29(50)42-15-21-1-9-27(38)10-2-21/h1-12,23-24H,13-20H2,(H,42,50)(H2,43,44,45,46,47). The summed E-state index contributed by atoms with van der Waals surface area (Å²) in [6, 6.07) is 18.8. The second kappa shape index (κ2) is 14.5. The number of amides is 3. The average Bonchev–Trinajstić information content (AvgIpc) is 3.63. The molecule has 7 rings (SSSR count). The van der Waals surface area contributed by atoms with Crippen LogP contribution in [0, 0.1) is 17.7 Å². The smallest absolute Gasteiger partial charge is 0.422 e. The highest BCUT2D eigenvalue weighted by atomic mass is 35.5. The molecule has 276 valence electrons. The number of fused-ring (bicyclic) bond motifs is 1. The van der Waals surface area contributed by atoms with Crippen molar-refractivity contribution in [3.63, 3.8) is 0 Å². The van der Waals surface area contributed by atoms with Crippen LogP contribution >= 0.6 is 11.6 Å². The molecule has 12 nitrogen and oxygen atoms in total. The van der Waals surface area contributed by atoms with Crippen LogP contribution in [0.3, 0.4) is 0 Å². The number of carbonyl (C=O) groups excluding carboxylic acids is 3. The van der Waals surface area contributed by atoms with E-state index in [1.807, 2.05) is 12.1 Å². The van der Waals surface area contributed by atoms with Crippen LogP contribution in [0.15, 0.2) is 72.8 Å². The Labute approximate surface area is 305 Å². The van der Waals surface area contributed by atoms with Gasteiger partial charge in [-0.1, -0.05) is 35.9 Å². The fourth-order valence-corrected chi connectivity index (χ4v) is 6.74. The molecule has 4 aromatic rings.